The van der Waals surface area contributed by atoms with Crippen LogP contribution in [0.2, 0.25) is 0 Å². The first-order valence-electron chi connectivity index (χ1n) is 3.16. The summed E-state index contributed by atoms with van der Waals surface area (Å²) >= 11 is 0. The molecule has 1 heterocycles. The summed E-state index contributed by atoms with van der Waals surface area (Å²) in [6.45, 7) is 0. The van der Waals surface area contributed by atoms with E-state index in [0.29, 0.717) is 0 Å². The molecule has 1 fully saturated rings. The minimum absolute atomic E-state index is 0. The molecule has 0 radical (unpaired) electrons. The molecule has 13 heavy (non-hydrogen) atoms. The fourth-order valence-electron chi connectivity index (χ4n) is 1.11. The Morgan fingerprint density at radius 1 is 1.38 bits per heavy atom. The van der Waals surface area contributed by atoms with Crippen LogP contribution in [0.15, 0.2) is 0 Å². The van der Waals surface area contributed by atoms with Crippen molar-refractivity contribution in [2.45, 2.75) is 12.0 Å². The van der Waals surface area contributed by atoms with Crippen molar-refractivity contribution in [3.8, 4) is 0 Å². The molecule has 1 amide bonds. The molecule has 0 bridgehead atoms. The number of nitrogens with zero attached hydrogens (tertiary/aromatic N) is 1. The third-order valence-electron chi connectivity index (χ3n) is 2.06. The Morgan fingerprint density at radius 3 is 1.85 bits per heavy atom. The molecule has 0 saturated carbocycles. The summed E-state index contributed by atoms with van der Waals surface area (Å²) < 4.78 is 0. The maximum absolute atomic E-state index is 10.7. The summed E-state index contributed by atoms with van der Waals surface area (Å²) in [5, 5.41) is 17.1. The van der Waals surface area contributed by atoms with E-state index in [0.717, 1.165) is 11.9 Å². The van der Waals surface area contributed by atoms with Crippen LogP contribution in [0.1, 0.15) is 6.42 Å². The summed E-state index contributed by atoms with van der Waals surface area (Å²) in [4.78, 5) is 32.4. The monoisotopic (exact) mass is 197 g/mol. The molecule has 7 heteroatoms. The van der Waals surface area contributed by atoms with Gasteiger partial charge in [0.2, 0.25) is 11.4 Å². The van der Waals surface area contributed by atoms with Crippen LogP contribution in [0.4, 0.5) is 0 Å². The van der Waals surface area contributed by atoms with Crippen LogP contribution in [0, 0.1) is 0 Å². The number of carbonyl (C=O) groups excluding carboxylic acids is 1. The Morgan fingerprint density at radius 2 is 1.77 bits per heavy atom. The van der Waals surface area contributed by atoms with Gasteiger partial charge in [-0.2, -0.15) is 0 Å². The van der Waals surface area contributed by atoms with Gasteiger partial charge >= 0.3 is 41.5 Å². The molecule has 1 rings (SSSR count). The van der Waals surface area contributed by atoms with Crippen molar-refractivity contribution < 1.29 is 24.6 Å². The van der Waals surface area contributed by atoms with Crippen LogP contribution in [-0.2, 0) is 14.4 Å². The van der Waals surface area contributed by atoms with Gasteiger partial charge in [0.1, 0.15) is 0 Å². The van der Waals surface area contributed by atoms with Crippen LogP contribution in [0.25, 0.3) is 0 Å². The zero-order valence-corrected chi connectivity index (χ0v) is 6.27. The Bertz CT molecular complexity index is 262. The van der Waals surface area contributed by atoms with Gasteiger partial charge in [-0.25, -0.2) is 9.59 Å². The first-order valence-corrected chi connectivity index (χ1v) is 3.16. The quantitative estimate of drug-likeness (QED) is 0.306. The average molecular weight is 197 g/mol. The van der Waals surface area contributed by atoms with Gasteiger partial charge in [-0.05, 0) is 0 Å². The summed E-state index contributed by atoms with van der Waals surface area (Å²) in [7, 11) is 1.16. The van der Waals surface area contributed by atoms with Gasteiger partial charge in [0, 0.05) is 7.05 Å². The molecular weight excluding hydrogens is 189 g/mol. The molecule has 0 aromatic rings. The fraction of sp³-hybridized carbons (Fsp3) is 0.500. The molecule has 1 aliphatic heterocycles. The van der Waals surface area contributed by atoms with Crippen LogP contribution >= 0.6 is 0 Å². The molecule has 68 valence electrons. The number of carboxylic acids is 2. The molecule has 1 saturated heterocycles. The number of carbonyl (C=O) groups is 3. The second kappa shape index (κ2) is 3.65. The van der Waals surface area contributed by atoms with Gasteiger partial charge in [0.15, 0.2) is 0 Å². The van der Waals surface area contributed by atoms with Crippen molar-refractivity contribution in [2.24, 2.45) is 0 Å². The van der Waals surface area contributed by atoms with E-state index >= 15 is 0 Å². The van der Waals surface area contributed by atoms with Gasteiger partial charge in [0.05, 0.1) is 6.42 Å². The van der Waals surface area contributed by atoms with E-state index < -0.39 is 29.8 Å². The number of likely N-dealkylation sites (tertiary alicyclic amines) is 1. The van der Waals surface area contributed by atoms with Crippen molar-refractivity contribution in [3.05, 3.63) is 0 Å². The number of amides is 1. The number of rotatable bonds is 2. The summed E-state index contributed by atoms with van der Waals surface area (Å²) in [5.74, 6) is -3.48. The normalized spacial score (nSPS) is 18.5. The van der Waals surface area contributed by atoms with Crippen LogP contribution in [0.5, 0.6) is 0 Å². The van der Waals surface area contributed by atoms with Gasteiger partial charge in [-0.3, -0.25) is 4.79 Å². The Hall–Kier alpha value is -0.590. The van der Waals surface area contributed by atoms with Gasteiger partial charge in [-0.15, -0.1) is 0 Å². The predicted molar refractivity (Wildman–Crippen MR) is 42.5 cm³/mol. The molecular formula is C6H8NNaO5. The minimum atomic E-state index is -2.03. The molecule has 0 aromatic heterocycles. The number of carboxylic acid groups (broad SMARTS) is 2. The SMILES string of the molecule is CN1C(=O)CC1(C(=O)O)C(=O)O.[NaH]. The van der Waals surface area contributed by atoms with Gasteiger partial charge in [-0.1, -0.05) is 0 Å². The predicted octanol–water partition coefficient (Wildman–Crippen LogP) is -1.89. The van der Waals surface area contributed by atoms with Gasteiger partial charge in [0.25, 0.3) is 0 Å². The molecule has 6 nitrogen and oxygen atoms in total. The van der Waals surface area contributed by atoms with E-state index in [4.69, 9.17) is 10.2 Å². The third kappa shape index (κ3) is 1.45. The van der Waals surface area contributed by atoms with Crippen molar-refractivity contribution >= 4 is 47.4 Å². The average Bonchev–Trinajstić information content (AvgIpc) is 1.97. The molecule has 0 atom stereocenters. The number of likely N-dealkylation sites (N-methyl/N-ethyl adjacent to an activating group) is 1. The number of β-lactam (4-membered cyclic amide) rings is 1. The topological polar surface area (TPSA) is 94.9 Å². The molecule has 0 unspecified atom stereocenters. The molecule has 2 N–H and O–H groups in total. The van der Waals surface area contributed by atoms with Crippen LogP contribution in [0.3, 0.4) is 0 Å². The first-order chi connectivity index (χ1) is 5.43. The second-order valence-electron chi connectivity index (χ2n) is 2.60. The summed E-state index contributed by atoms with van der Waals surface area (Å²) in [5.41, 5.74) is -2.03. The van der Waals surface area contributed by atoms with E-state index in [1.807, 2.05) is 0 Å². The number of hydrogen-bond donors (Lipinski definition) is 2. The molecule has 0 aromatic carbocycles. The van der Waals surface area contributed by atoms with Crippen molar-refractivity contribution in [1.29, 1.82) is 0 Å². The molecule has 0 spiro atoms. The van der Waals surface area contributed by atoms with Crippen molar-refractivity contribution in [3.63, 3.8) is 0 Å². The Balaban J connectivity index is 0.00000144. The zero-order valence-electron chi connectivity index (χ0n) is 6.27. The molecule has 0 aliphatic carbocycles. The van der Waals surface area contributed by atoms with Crippen LogP contribution in [-0.4, -0.2) is 75.1 Å². The van der Waals surface area contributed by atoms with Crippen molar-refractivity contribution in [2.75, 3.05) is 7.05 Å². The third-order valence-corrected chi connectivity index (χ3v) is 2.06. The zero-order chi connectivity index (χ0) is 9.52. The fourth-order valence-corrected chi connectivity index (χ4v) is 1.11. The summed E-state index contributed by atoms with van der Waals surface area (Å²) in [6.07, 6.45) is -0.464. The van der Waals surface area contributed by atoms with Crippen LogP contribution < -0.4 is 0 Å². The standard InChI is InChI=1S/C6H7NO5.Na.H/c1-7-3(8)2-6(7,4(9)10)5(11)12;;/h2H2,1H3,(H,9,10)(H,11,12);;. The van der Waals surface area contributed by atoms with E-state index in [1.165, 1.54) is 0 Å². The van der Waals surface area contributed by atoms with Crippen molar-refractivity contribution in [1.82, 2.24) is 4.90 Å². The number of aliphatic carboxylic acids is 2. The maximum atomic E-state index is 10.7. The Kier molecular flexibility index (Phi) is 3.48. The van der Waals surface area contributed by atoms with Gasteiger partial charge < -0.3 is 15.1 Å². The van der Waals surface area contributed by atoms with E-state index in [9.17, 15) is 14.4 Å². The van der Waals surface area contributed by atoms with E-state index in [2.05, 4.69) is 0 Å². The Labute approximate surface area is 95.8 Å². The van der Waals surface area contributed by atoms with E-state index in [-0.39, 0.29) is 29.6 Å². The summed E-state index contributed by atoms with van der Waals surface area (Å²) in [6, 6.07) is 0. The number of hydrogen-bond acceptors (Lipinski definition) is 3. The first kappa shape index (κ1) is 12.4. The van der Waals surface area contributed by atoms with E-state index in [1.54, 1.807) is 0 Å². The molecule has 1 aliphatic rings. The second-order valence-corrected chi connectivity index (χ2v) is 2.60.